The van der Waals surface area contributed by atoms with Gasteiger partial charge in [0.25, 0.3) is 5.91 Å². The molecular weight excluding hydrogens is 477 g/mol. The van der Waals surface area contributed by atoms with Gasteiger partial charge in [0.2, 0.25) is 0 Å². The van der Waals surface area contributed by atoms with E-state index in [0.717, 1.165) is 0 Å². The molecule has 0 saturated heterocycles. The number of rotatable bonds is 3. The predicted molar refractivity (Wildman–Crippen MR) is 106 cm³/mol. The standard InChI is InChI=1S/C13H9Cl2N3O2.2C2H4O2.Cu/c14-10-5-9(12(19)11(15)6-10)7-17-18-13(20)8-1-3-16-4-2-8;2*1-2(3)4;/h1-7,19H,(H,18,20);2*1H3,(H,3,4);/q;;;+2/p+2/b17-7+;;;. The molecule has 12 heteroatoms. The molecule has 1 amide bonds. The summed E-state index contributed by atoms with van der Waals surface area (Å²) in [5, 5.41) is 25.8. The van der Waals surface area contributed by atoms with Gasteiger partial charge in [-0.05, 0) is 24.3 Å². The van der Waals surface area contributed by atoms with Gasteiger partial charge in [0.15, 0.2) is 0 Å². The Bertz CT molecular complexity index is 831. The maximum absolute atomic E-state index is 11.7. The number of hydrazone groups is 1. The van der Waals surface area contributed by atoms with Crippen LogP contribution in [0.1, 0.15) is 29.8 Å². The normalized spacial score (nSPS) is 9.10. The van der Waals surface area contributed by atoms with Crippen LogP contribution in [0.25, 0.3) is 0 Å². The fourth-order valence-electron chi connectivity index (χ4n) is 1.41. The number of hydrogen-bond acceptors (Lipinski definition) is 6. The summed E-state index contributed by atoms with van der Waals surface area (Å²) >= 11 is 11.6. The number of aromatic nitrogens is 1. The minimum Gasteiger partial charge on any atom is -0.565 e. The van der Waals surface area contributed by atoms with Gasteiger partial charge in [-0.25, -0.2) is 5.43 Å². The molecular formula is C17H19Cl2CuN3O6+4. The second-order valence-corrected chi connectivity index (χ2v) is 5.72. The van der Waals surface area contributed by atoms with E-state index in [-0.39, 0.29) is 27.8 Å². The van der Waals surface area contributed by atoms with Gasteiger partial charge < -0.3 is 15.3 Å². The molecule has 0 aliphatic rings. The van der Waals surface area contributed by atoms with Crippen molar-refractivity contribution in [3.8, 4) is 5.75 Å². The van der Waals surface area contributed by atoms with Gasteiger partial charge in [-0.2, -0.15) is 5.10 Å². The molecule has 0 bridgehead atoms. The molecule has 6 N–H and O–H groups in total. The summed E-state index contributed by atoms with van der Waals surface area (Å²) in [5.74, 6) is -1.71. The van der Waals surface area contributed by atoms with Crippen LogP contribution in [-0.4, -0.2) is 44.4 Å². The molecule has 1 heterocycles. The molecule has 1 aromatic carbocycles. The van der Waals surface area contributed by atoms with Crippen LogP contribution in [-0.2, 0) is 26.7 Å². The Morgan fingerprint density at radius 3 is 2.07 bits per heavy atom. The number of carbonyl (C=O) groups is 3. The topological polar surface area (TPSA) is 155 Å². The van der Waals surface area contributed by atoms with E-state index in [1.807, 2.05) is 0 Å². The molecule has 1 aromatic heterocycles. The number of carbonyl (C=O) groups excluding carboxylic acids is 3. The monoisotopic (exact) mass is 494 g/mol. The largest absolute Gasteiger partial charge is 2.00 e. The van der Waals surface area contributed by atoms with Gasteiger partial charge in [0, 0.05) is 38.1 Å². The first kappa shape index (κ1) is 28.6. The zero-order valence-corrected chi connectivity index (χ0v) is 17.6. The zero-order chi connectivity index (χ0) is 21.7. The van der Waals surface area contributed by atoms with Crippen molar-refractivity contribution in [2.75, 3.05) is 0 Å². The molecule has 2 aromatic rings. The molecule has 0 saturated carbocycles. The Balaban J connectivity index is 0. The Kier molecular flexibility index (Phi) is 15.1. The fourth-order valence-corrected chi connectivity index (χ4v) is 1.92. The number of pyridine rings is 1. The van der Waals surface area contributed by atoms with Crippen LogP contribution in [0.4, 0.5) is 0 Å². The summed E-state index contributed by atoms with van der Waals surface area (Å²) in [7, 11) is 0. The number of phenolic OH excluding ortho intramolecular Hbond substituents is 1. The minimum atomic E-state index is -0.583. The third-order valence-electron chi connectivity index (χ3n) is 2.37. The molecule has 0 aliphatic heterocycles. The quantitative estimate of drug-likeness (QED) is 0.285. The summed E-state index contributed by atoms with van der Waals surface area (Å²) in [4.78, 5) is 33.7. The number of hydrogen-bond donors (Lipinski definition) is 2. The molecule has 0 fully saturated rings. The van der Waals surface area contributed by atoms with Gasteiger partial charge in [-0.1, -0.05) is 23.2 Å². The Morgan fingerprint density at radius 2 is 1.59 bits per heavy atom. The van der Waals surface area contributed by atoms with Gasteiger partial charge in [-0.3, -0.25) is 9.78 Å². The fraction of sp³-hybridized carbons (Fsp3) is 0.118. The van der Waals surface area contributed by atoms with E-state index in [1.54, 1.807) is 12.1 Å². The van der Waals surface area contributed by atoms with E-state index in [0.29, 0.717) is 16.1 Å². The third-order valence-corrected chi connectivity index (χ3v) is 2.88. The number of halogens is 2. The molecule has 0 atom stereocenters. The maximum atomic E-state index is 11.7. The third kappa shape index (κ3) is 14.1. The number of phenols is 1. The minimum absolute atomic E-state index is 0. The van der Waals surface area contributed by atoms with Crippen LogP contribution in [0.15, 0.2) is 41.8 Å². The number of nitrogens with zero attached hydrogens (tertiary/aromatic N) is 2. The Hall–Kier alpha value is -2.65. The summed E-state index contributed by atoms with van der Waals surface area (Å²) < 4.78 is 0. The molecule has 9 nitrogen and oxygen atoms in total. The van der Waals surface area contributed by atoms with E-state index in [4.69, 9.17) is 43.0 Å². The number of benzene rings is 1. The van der Waals surface area contributed by atoms with Crippen molar-refractivity contribution in [2.24, 2.45) is 5.10 Å². The SMILES string of the molecule is CC(=O)[OH2+].CC(=O)[OH2+].O=C(N/N=C/c1cc(Cl)cc(Cl)c1O)c1ccncc1.[Cu+2]. The Morgan fingerprint density at radius 1 is 1.10 bits per heavy atom. The van der Waals surface area contributed by atoms with E-state index in [1.165, 1.54) is 44.6 Å². The summed E-state index contributed by atoms with van der Waals surface area (Å²) in [5.41, 5.74) is 3.04. The van der Waals surface area contributed by atoms with Crippen molar-refractivity contribution < 1.29 is 46.8 Å². The first-order valence-electron chi connectivity index (χ1n) is 7.40. The number of nitrogens with one attached hydrogen (secondary N) is 1. The van der Waals surface area contributed by atoms with Crippen molar-refractivity contribution in [3.05, 3.63) is 57.8 Å². The summed E-state index contributed by atoms with van der Waals surface area (Å²) in [6.45, 7) is 2.39. The second kappa shape index (κ2) is 15.3. The first-order chi connectivity index (χ1) is 13.0. The molecule has 0 unspecified atom stereocenters. The van der Waals surface area contributed by atoms with Crippen LogP contribution in [0.2, 0.25) is 10.0 Å². The number of amides is 1. The van der Waals surface area contributed by atoms with Crippen molar-refractivity contribution in [2.45, 2.75) is 13.8 Å². The predicted octanol–water partition coefficient (Wildman–Crippen LogP) is 1.37. The Labute approximate surface area is 186 Å². The van der Waals surface area contributed by atoms with Crippen LogP contribution >= 0.6 is 23.2 Å². The van der Waals surface area contributed by atoms with Crippen LogP contribution < -0.4 is 5.43 Å². The van der Waals surface area contributed by atoms with Gasteiger partial charge >= 0.3 is 29.0 Å². The number of aromatic hydroxyl groups is 1. The van der Waals surface area contributed by atoms with Crippen LogP contribution in [0.3, 0.4) is 0 Å². The van der Waals surface area contributed by atoms with Crippen molar-refractivity contribution in [3.63, 3.8) is 0 Å². The molecule has 2 rings (SSSR count). The zero-order valence-electron chi connectivity index (χ0n) is 15.2. The first-order valence-corrected chi connectivity index (χ1v) is 8.16. The van der Waals surface area contributed by atoms with Crippen molar-refractivity contribution in [1.29, 1.82) is 0 Å². The smallest absolute Gasteiger partial charge is 0.565 e. The van der Waals surface area contributed by atoms with Crippen LogP contribution in [0.5, 0.6) is 5.75 Å². The molecule has 0 spiro atoms. The van der Waals surface area contributed by atoms with E-state index in [2.05, 4.69) is 15.5 Å². The van der Waals surface area contributed by atoms with Crippen molar-refractivity contribution >= 4 is 47.3 Å². The van der Waals surface area contributed by atoms with Crippen LogP contribution in [0, 0.1) is 0 Å². The maximum Gasteiger partial charge on any atom is 2.00 e. The second-order valence-electron chi connectivity index (χ2n) is 4.87. The van der Waals surface area contributed by atoms with E-state index in [9.17, 15) is 9.90 Å². The summed E-state index contributed by atoms with van der Waals surface area (Å²) in [6.07, 6.45) is 4.26. The van der Waals surface area contributed by atoms with Gasteiger partial charge in [-0.15, -0.1) is 0 Å². The van der Waals surface area contributed by atoms with Gasteiger partial charge in [0.05, 0.1) is 25.1 Å². The average molecular weight is 496 g/mol. The molecule has 0 aliphatic carbocycles. The molecule has 29 heavy (non-hydrogen) atoms. The molecule has 1 radical (unpaired) electrons. The average Bonchev–Trinajstić information content (AvgIpc) is 2.58. The van der Waals surface area contributed by atoms with Crippen molar-refractivity contribution in [1.82, 2.24) is 10.4 Å². The van der Waals surface area contributed by atoms with E-state index >= 15 is 0 Å². The van der Waals surface area contributed by atoms with Gasteiger partial charge in [0.1, 0.15) is 5.75 Å². The van der Waals surface area contributed by atoms with E-state index < -0.39 is 17.8 Å². The summed E-state index contributed by atoms with van der Waals surface area (Å²) in [6, 6.07) is 5.99. The molecule has 159 valence electrons.